The molecule has 1 fully saturated rings. The number of nitrogens with zero attached hydrogens (tertiary/aromatic N) is 1. The lowest BCUT2D eigenvalue weighted by atomic mass is 10.0. The maximum absolute atomic E-state index is 12.0. The van der Waals surface area contributed by atoms with E-state index in [9.17, 15) is 4.79 Å². The molecule has 0 aliphatic heterocycles. The zero-order valence-electron chi connectivity index (χ0n) is 13.5. The molecule has 1 aliphatic rings. The van der Waals surface area contributed by atoms with Gasteiger partial charge in [0, 0.05) is 18.3 Å². The topological polar surface area (TPSA) is 42.0 Å². The summed E-state index contributed by atoms with van der Waals surface area (Å²) in [5, 5.41) is 3.04. The minimum atomic E-state index is 0.0947. The van der Waals surface area contributed by atoms with Crippen molar-refractivity contribution >= 4 is 5.91 Å². The van der Waals surface area contributed by atoms with E-state index in [0.717, 1.165) is 35.7 Å². The van der Waals surface area contributed by atoms with E-state index in [1.54, 1.807) is 6.20 Å². The van der Waals surface area contributed by atoms with E-state index < -0.39 is 0 Å². The molecule has 0 spiro atoms. The van der Waals surface area contributed by atoms with Crippen molar-refractivity contribution in [2.45, 2.75) is 38.5 Å². The van der Waals surface area contributed by atoms with Gasteiger partial charge in [0.1, 0.15) is 0 Å². The molecule has 0 radical (unpaired) electrons. The van der Waals surface area contributed by atoms with Crippen molar-refractivity contribution < 1.29 is 4.79 Å². The van der Waals surface area contributed by atoms with Gasteiger partial charge in [-0.1, -0.05) is 62.1 Å². The van der Waals surface area contributed by atoms with Gasteiger partial charge < -0.3 is 5.32 Å². The van der Waals surface area contributed by atoms with Gasteiger partial charge in [-0.05, 0) is 24.0 Å². The van der Waals surface area contributed by atoms with Crippen LogP contribution in [0.5, 0.6) is 0 Å². The standard InChI is InChI=1S/C20H24N2O/c23-20(21-13-12-16-6-4-5-7-16)14-17-10-11-19(22-15-17)18-8-2-1-3-9-18/h1-3,8-11,15-16H,4-7,12-14H2,(H,21,23). The predicted molar refractivity (Wildman–Crippen MR) is 93.0 cm³/mol. The second-order valence-corrected chi connectivity index (χ2v) is 6.38. The molecule has 0 saturated heterocycles. The summed E-state index contributed by atoms with van der Waals surface area (Å²) in [6, 6.07) is 14.1. The van der Waals surface area contributed by atoms with Crippen molar-refractivity contribution in [3.63, 3.8) is 0 Å². The van der Waals surface area contributed by atoms with Crippen LogP contribution in [-0.4, -0.2) is 17.4 Å². The Bertz CT molecular complexity index is 616. The molecule has 1 heterocycles. The van der Waals surface area contributed by atoms with E-state index >= 15 is 0 Å². The lowest BCUT2D eigenvalue weighted by Gasteiger charge is -2.10. The molecule has 3 heteroatoms. The second kappa shape index (κ2) is 7.91. The van der Waals surface area contributed by atoms with Gasteiger partial charge in [-0.3, -0.25) is 9.78 Å². The van der Waals surface area contributed by atoms with Crippen LogP contribution in [0.3, 0.4) is 0 Å². The van der Waals surface area contributed by atoms with Gasteiger partial charge in [0.2, 0.25) is 5.91 Å². The summed E-state index contributed by atoms with van der Waals surface area (Å²) in [6.45, 7) is 0.805. The molecule has 1 N–H and O–H groups in total. The third-order valence-electron chi connectivity index (χ3n) is 4.61. The molecule has 0 bridgehead atoms. The van der Waals surface area contributed by atoms with Crippen LogP contribution in [0.1, 0.15) is 37.7 Å². The van der Waals surface area contributed by atoms with E-state index in [2.05, 4.69) is 10.3 Å². The van der Waals surface area contributed by atoms with Crippen LogP contribution in [0.25, 0.3) is 11.3 Å². The Hall–Kier alpha value is -2.16. The summed E-state index contributed by atoms with van der Waals surface area (Å²) in [5.41, 5.74) is 3.00. The highest BCUT2D eigenvalue weighted by Crippen LogP contribution is 2.26. The summed E-state index contributed by atoms with van der Waals surface area (Å²) in [5.74, 6) is 0.916. The molecular formula is C20H24N2O. The molecule has 1 amide bonds. The maximum Gasteiger partial charge on any atom is 0.224 e. The lowest BCUT2D eigenvalue weighted by Crippen LogP contribution is -2.27. The van der Waals surface area contributed by atoms with Crippen LogP contribution in [0.4, 0.5) is 0 Å². The zero-order valence-corrected chi connectivity index (χ0v) is 13.5. The molecular weight excluding hydrogens is 284 g/mol. The highest BCUT2D eigenvalue weighted by molar-refractivity contribution is 5.78. The Balaban J connectivity index is 1.46. The summed E-state index contributed by atoms with van der Waals surface area (Å²) in [6.07, 6.45) is 8.72. The normalized spacial score (nSPS) is 14.8. The Kier molecular flexibility index (Phi) is 5.41. The van der Waals surface area contributed by atoms with Crippen LogP contribution in [0.2, 0.25) is 0 Å². The minimum Gasteiger partial charge on any atom is -0.356 e. The summed E-state index contributed by atoms with van der Waals surface area (Å²) < 4.78 is 0. The summed E-state index contributed by atoms with van der Waals surface area (Å²) in [4.78, 5) is 16.5. The van der Waals surface area contributed by atoms with Gasteiger partial charge in [0.25, 0.3) is 0 Å². The van der Waals surface area contributed by atoms with Crippen molar-refractivity contribution in [1.82, 2.24) is 10.3 Å². The first-order chi connectivity index (χ1) is 11.3. The minimum absolute atomic E-state index is 0.0947. The van der Waals surface area contributed by atoms with Gasteiger partial charge in [-0.25, -0.2) is 0 Å². The number of amides is 1. The van der Waals surface area contributed by atoms with Crippen LogP contribution in [-0.2, 0) is 11.2 Å². The Labute approximate surface area is 138 Å². The molecule has 120 valence electrons. The van der Waals surface area contributed by atoms with Crippen molar-refractivity contribution in [2.24, 2.45) is 5.92 Å². The fourth-order valence-electron chi connectivity index (χ4n) is 3.27. The van der Waals surface area contributed by atoms with Crippen LogP contribution in [0.15, 0.2) is 48.7 Å². The maximum atomic E-state index is 12.0. The average Bonchev–Trinajstić information content (AvgIpc) is 3.10. The fourth-order valence-corrected chi connectivity index (χ4v) is 3.27. The van der Waals surface area contributed by atoms with Gasteiger partial charge in [-0.2, -0.15) is 0 Å². The van der Waals surface area contributed by atoms with Crippen molar-refractivity contribution in [2.75, 3.05) is 6.54 Å². The van der Waals surface area contributed by atoms with E-state index in [0.29, 0.717) is 6.42 Å². The third kappa shape index (κ3) is 4.65. The van der Waals surface area contributed by atoms with Gasteiger partial charge in [-0.15, -0.1) is 0 Å². The molecule has 1 saturated carbocycles. The monoisotopic (exact) mass is 308 g/mol. The van der Waals surface area contributed by atoms with Crippen molar-refractivity contribution in [3.8, 4) is 11.3 Å². The first-order valence-corrected chi connectivity index (χ1v) is 8.58. The zero-order chi connectivity index (χ0) is 15.9. The fraction of sp³-hybridized carbons (Fsp3) is 0.400. The lowest BCUT2D eigenvalue weighted by molar-refractivity contribution is -0.120. The number of rotatable bonds is 6. The van der Waals surface area contributed by atoms with Crippen molar-refractivity contribution in [3.05, 3.63) is 54.2 Å². The van der Waals surface area contributed by atoms with Crippen LogP contribution >= 0.6 is 0 Å². The Morgan fingerprint density at radius 3 is 2.57 bits per heavy atom. The Morgan fingerprint density at radius 2 is 1.87 bits per heavy atom. The van der Waals surface area contributed by atoms with E-state index in [1.165, 1.54) is 25.7 Å². The number of aromatic nitrogens is 1. The predicted octanol–water partition coefficient (Wildman–Crippen LogP) is 3.99. The van der Waals surface area contributed by atoms with Crippen LogP contribution < -0.4 is 5.32 Å². The smallest absolute Gasteiger partial charge is 0.224 e. The summed E-state index contributed by atoms with van der Waals surface area (Å²) >= 11 is 0. The SMILES string of the molecule is O=C(Cc1ccc(-c2ccccc2)nc1)NCCC1CCCC1. The van der Waals surface area contributed by atoms with Gasteiger partial charge in [0.05, 0.1) is 12.1 Å². The molecule has 1 aromatic heterocycles. The van der Waals surface area contributed by atoms with E-state index in [1.807, 2.05) is 42.5 Å². The molecule has 1 aromatic carbocycles. The molecule has 23 heavy (non-hydrogen) atoms. The number of carbonyl (C=O) groups excluding carboxylic acids is 1. The molecule has 1 aliphatic carbocycles. The molecule has 2 aromatic rings. The quantitative estimate of drug-likeness (QED) is 0.877. The third-order valence-corrected chi connectivity index (χ3v) is 4.61. The van der Waals surface area contributed by atoms with Crippen LogP contribution in [0, 0.1) is 5.92 Å². The molecule has 0 unspecified atom stereocenters. The van der Waals surface area contributed by atoms with Gasteiger partial charge >= 0.3 is 0 Å². The molecule has 3 rings (SSSR count). The summed E-state index contributed by atoms with van der Waals surface area (Å²) in [7, 11) is 0. The number of benzene rings is 1. The molecule has 3 nitrogen and oxygen atoms in total. The van der Waals surface area contributed by atoms with E-state index in [4.69, 9.17) is 0 Å². The Morgan fingerprint density at radius 1 is 1.09 bits per heavy atom. The number of hydrogen-bond acceptors (Lipinski definition) is 2. The number of pyridine rings is 1. The average molecular weight is 308 g/mol. The van der Waals surface area contributed by atoms with E-state index in [-0.39, 0.29) is 5.91 Å². The first-order valence-electron chi connectivity index (χ1n) is 8.58. The number of carbonyl (C=O) groups is 1. The largest absolute Gasteiger partial charge is 0.356 e. The highest BCUT2D eigenvalue weighted by atomic mass is 16.1. The number of hydrogen-bond donors (Lipinski definition) is 1. The van der Waals surface area contributed by atoms with Gasteiger partial charge in [0.15, 0.2) is 0 Å². The first kappa shape index (κ1) is 15.7. The number of nitrogens with one attached hydrogen (secondary N) is 1. The molecule has 0 atom stereocenters. The second-order valence-electron chi connectivity index (χ2n) is 6.38. The van der Waals surface area contributed by atoms with Crippen molar-refractivity contribution in [1.29, 1.82) is 0 Å². The highest BCUT2D eigenvalue weighted by Gasteiger charge is 2.14.